The molecule has 0 rings (SSSR count). The molecule has 0 spiro atoms. The second-order valence-electron chi connectivity index (χ2n) is 3.03. The zero-order chi connectivity index (χ0) is 11.0. The molecule has 0 radical (unpaired) electrons. The van der Waals surface area contributed by atoms with Gasteiger partial charge in [-0.1, -0.05) is 6.92 Å². The standard InChI is InChI=1S/C8H18N4O2/c1-3-6(2)11-7(13)4-5-10-8(14)12-9/h6H,3-5,9H2,1-2H3,(H,11,13)(H2,10,12,14). The lowest BCUT2D eigenvalue weighted by atomic mass is 10.2. The number of urea groups is 1. The van der Waals surface area contributed by atoms with E-state index in [0.29, 0.717) is 0 Å². The SMILES string of the molecule is CCC(C)NC(=O)CCNC(=O)NN. The van der Waals surface area contributed by atoms with Gasteiger partial charge in [-0.05, 0) is 13.3 Å². The largest absolute Gasteiger partial charge is 0.354 e. The number of nitrogens with one attached hydrogen (secondary N) is 3. The first-order valence-electron chi connectivity index (χ1n) is 4.64. The Morgan fingerprint density at radius 1 is 1.43 bits per heavy atom. The van der Waals surface area contributed by atoms with Crippen molar-refractivity contribution >= 4 is 11.9 Å². The fraction of sp³-hybridized carbons (Fsp3) is 0.750. The van der Waals surface area contributed by atoms with Crippen molar-refractivity contribution in [1.82, 2.24) is 16.1 Å². The average Bonchev–Trinajstić information content (AvgIpc) is 2.17. The maximum atomic E-state index is 11.2. The van der Waals surface area contributed by atoms with Crippen LogP contribution < -0.4 is 21.9 Å². The lowest BCUT2D eigenvalue weighted by Crippen LogP contribution is -2.42. The average molecular weight is 202 g/mol. The van der Waals surface area contributed by atoms with Crippen molar-refractivity contribution in [2.45, 2.75) is 32.7 Å². The number of carbonyl (C=O) groups excluding carboxylic acids is 2. The van der Waals surface area contributed by atoms with Gasteiger partial charge in [0.05, 0.1) is 0 Å². The number of hydrazine groups is 1. The van der Waals surface area contributed by atoms with Gasteiger partial charge >= 0.3 is 6.03 Å². The first kappa shape index (κ1) is 12.7. The van der Waals surface area contributed by atoms with E-state index in [1.807, 2.05) is 19.3 Å². The lowest BCUT2D eigenvalue weighted by Gasteiger charge is -2.11. The minimum absolute atomic E-state index is 0.0725. The monoisotopic (exact) mass is 202 g/mol. The zero-order valence-corrected chi connectivity index (χ0v) is 8.59. The molecule has 0 heterocycles. The third kappa shape index (κ3) is 6.24. The van der Waals surface area contributed by atoms with E-state index < -0.39 is 6.03 Å². The van der Waals surface area contributed by atoms with E-state index in [4.69, 9.17) is 5.84 Å². The van der Waals surface area contributed by atoms with E-state index in [0.717, 1.165) is 6.42 Å². The molecule has 82 valence electrons. The van der Waals surface area contributed by atoms with E-state index in [1.165, 1.54) is 0 Å². The highest BCUT2D eigenvalue weighted by Gasteiger charge is 2.05. The summed E-state index contributed by atoms with van der Waals surface area (Å²) in [5, 5.41) is 5.20. The van der Waals surface area contributed by atoms with E-state index in [9.17, 15) is 9.59 Å². The fourth-order valence-electron chi connectivity index (χ4n) is 0.790. The summed E-state index contributed by atoms with van der Waals surface area (Å²) >= 11 is 0. The van der Waals surface area contributed by atoms with Crippen LogP contribution in [0.25, 0.3) is 0 Å². The summed E-state index contributed by atoms with van der Waals surface area (Å²) in [5.41, 5.74) is 1.91. The topological polar surface area (TPSA) is 96.2 Å². The molecule has 1 atom stereocenters. The van der Waals surface area contributed by atoms with Gasteiger partial charge in [-0.25, -0.2) is 10.6 Å². The van der Waals surface area contributed by atoms with Crippen LogP contribution in [0.5, 0.6) is 0 Å². The molecule has 3 amide bonds. The molecular formula is C8H18N4O2. The van der Waals surface area contributed by atoms with E-state index in [2.05, 4.69) is 10.6 Å². The van der Waals surface area contributed by atoms with Crippen molar-refractivity contribution in [3.8, 4) is 0 Å². The number of rotatable bonds is 5. The Morgan fingerprint density at radius 2 is 2.07 bits per heavy atom. The van der Waals surface area contributed by atoms with E-state index in [-0.39, 0.29) is 24.9 Å². The van der Waals surface area contributed by atoms with Gasteiger partial charge < -0.3 is 10.6 Å². The van der Waals surface area contributed by atoms with Crippen LogP contribution in [-0.4, -0.2) is 24.5 Å². The summed E-state index contributed by atoms with van der Waals surface area (Å²) in [4.78, 5) is 21.8. The lowest BCUT2D eigenvalue weighted by molar-refractivity contribution is -0.121. The predicted octanol–water partition coefficient (Wildman–Crippen LogP) is -0.536. The molecule has 0 saturated carbocycles. The van der Waals surface area contributed by atoms with Crippen molar-refractivity contribution in [3.63, 3.8) is 0 Å². The van der Waals surface area contributed by atoms with Gasteiger partial charge in [-0.3, -0.25) is 10.2 Å². The van der Waals surface area contributed by atoms with Gasteiger partial charge in [0.2, 0.25) is 5.91 Å². The van der Waals surface area contributed by atoms with Gasteiger partial charge in [0, 0.05) is 19.0 Å². The second-order valence-corrected chi connectivity index (χ2v) is 3.03. The summed E-state index contributed by atoms with van der Waals surface area (Å²) in [5.74, 6) is 4.76. The normalized spacial score (nSPS) is 11.6. The maximum Gasteiger partial charge on any atom is 0.328 e. The minimum atomic E-state index is -0.485. The van der Waals surface area contributed by atoms with Crippen molar-refractivity contribution in [2.24, 2.45) is 5.84 Å². The first-order valence-corrected chi connectivity index (χ1v) is 4.64. The molecular weight excluding hydrogens is 184 g/mol. The highest BCUT2D eigenvalue weighted by atomic mass is 16.2. The molecule has 0 aromatic carbocycles. The Hall–Kier alpha value is -1.30. The van der Waals surface area contributed by atoms with Gasteiger partial charge in [-0.2, -0.15) is 0 Å². The van der Waals surface area contributed by atoms with Gasteiger partial charge in [0.1, 0.15) is 0 Å². The van der Waals surface area contributed by atoms with Crippen LogP contribution in [0.2, 0.25) is 0 Å². The maximum absolute atomic E-state index is 11.2. The summed E-state index contributed by atoms with van der Waals surface area (Å²) < 4.78 is 0. The highest BCUT2D eigenvalue weighted by Crippen LogP contribution is 1.88. The van der Waals surface area contributed by atoms with Crippen LogP contribution in [0.3, 0.4) is 0 Å². The summed E-state index contributed by atoms with van der Waals surface area (Å²) in [6, 6.07) is -0.313. The van der Waals surface area contributed by atoms with E-state index in [1.54, 1.807) is 0 Å². The summed E-state index contributed by atoms with van der Waals surface area (Å²) in [6.07, 6.45) is 1.15. The van der Waals surface area contributed by atoms with Crippen molar-refractivity contribution < 1.29 is 9.59 Å². The van der Waals surface area contributed by atoms with Crippen LogP contribution in [0.1, 0.15) is 26.7 Å². The number of hydrogen-bond donors (Lipinski definition) is 4. The minimum Gasteiger partial charge on any atom is -0.354 e. The third-order valence-corrected chi connectivity index (χ3v) is 1.79. The Balaban J connectivity index is 3.49. The molecule has 0 bridgehead atoms. The molecule has 1 unspecified atom stereocenters. The molecule has 0 fully saturated rings. The molecule has 6 heteroatoms. The summed E-state index contributed by atoms with van der Waals surface area (Å²) in [6.45, 7) is 4.20. The molecule has 0 aromatic heterocycles. The van der Waals surface area contributed by atoms with Crippen LogP contribution in [0, 0.1) is 0 Å². The third-order valence-electron chi connectivity index (χ3n) is 1.79. The zero-order valence-electron chi connectivity index (χ0n) is 8.59. The highest BCUT2D eigenvalue weighted by molar-refractivity contribution is 5.78. The van der Waals surface area contributed by atoms with Crippen LogP contribution in [-0.2, 0) is 4.79 Å². The van der Waals surface area contributed by atoms with Crippen molar-refractivity contribution in [1.29, 1.82) is 0 Å². The Bertz CT molecular complexity index is 196. The molecule has 0 saturated heterocycles. The Morgan fingerprint density at radius 3 is 2.57 bits per heavy atom. The quantitative estimate of drug-likeness (QED) is 0.274. The van der Waals surface area contributed by atoms with Gasteiger partial charge in [-0.15, -0.1) is 0 Å². The van der Waals surface area contributed by atoms with E-state index >= 15 is 0 Å². The fourth-order valence-corrected chi connectivity index (χ4v) is 0.790. The number of amides is 3. The van der Waals surface area contributed by atoms with Crippen molar-refractivity contribution in [3.05, 3.63) is 0 Å². The Labute approximate surface area is 83.6 Å². The summed E-state index contributed by atoms with van der Waals surface area (Å²) in [7, 11) is 0. The number of carbonyl (C=O) groups is 2. The molecule has 0 aromatic rings. The predicted molar refractivity (Wildman–Crippen MR) is 53.2 cm³/mol. The molecule has 5 N–H and O–H groups in total. The smallest absolute Gasteiger partial charge is 0.328 e. The first-order chi connectivity index (χ1) is 6.60. The van der Waals surface area contributed by atoms with Crippen LogP contribution >= 0.6 is 0 Å². The molecule has 14 heavy (non-hydrogen) atoms. The van der Waals surface area contributed by atoms with Crippen LogP contribution in [0.15, 0.2) is 0 Å². The molecule has 0 aliphatic rings. The number of nitrogens with two attached hydrogens (primary N) is 1. The van der Waals surface area contributed by atoms with Gasteiger partial charge in [0.25, 0.3) is 0 Å². The number of hydrogen-bond acceptors (Lipinski definition) is 3. The van der Waals surface area contributed by atoms with Crippen LogP contribution in [0.4, 0.5) is 4.79 Å². The molecule has 6 nitrogen and oxygen atoms in total. The molecule has 0 aliphatic carbocycles. The Kier molecular flexibility index (Phi) is 6.47. The van der Waals surface area contributed by atoms with Crippen molar-refractivity contribution in [2.75, 3.05) is 6.54 Å². The second kappa shape index (κ2) is 7.14. The molecule has 0 aliphatic heterocycles. The van der Waals surface area contributed by atoms with Gasteiger partial charge in [0.15, 0.2) is 0 Å².